The second-order valence-electron chi connectivity index (χ2n) is 5.18. The van der Waals surface area contributed by atoms with E-state index < -0.39 is 6.03 Å². The Morgan fingerprint density at radius 1 is 1.23 bits per heavy atom. The molecule has 1 aromatic rings. The normalized spacial score (nSPS) is 16.8. The number of carbonyl (C=O) groups is 2. The zero-order valence-electron chi connectivity index (χ0n) is 12.4. The van der Waals surface area contributed by atoms with Gasteiger partial charge in [-0.15, -0.1) is 0 Å². The summed E-state index contributed by atoms with van der Waals surface area (Å²) < 4.78 is 5.43. The summed E-state index contributed by atoms with van der Waals surface area (Å²) in [5, 5.41) is 8.55. The van der Waals surface area contributed by atoms with E-state index in [1.54, 1.807) is 0 Å². The van der Waals surface area contributed by atoms with Crippen molar-refractivity contribution in [3.8, 4) is 0 Å². The third kappa shape index (κ3) is 4.19. The summed E-state index contributed by atoms with van der Waals surface area (Å²) >= 11 is 5.94. The van der Waals surface area contributed by atoms with Crippen molar-refractivity contribution in [2.45, 2.75) is 18.4 Å². The van der Waals surface area contributed by atoms with Gasteiger partial charge in [-0.05, 0) is 30.5 Å². The number of amides is 3. The zero-order valence-corrected chi connectivity index (χ0v) is 13.2. The van der Waals surface area contributed by atoms with Crippen LogP contribution < -0.4 is 16.0 Å². The van der Waals surface area contributed by atoms with Gasteiger partial charge < -0.3 is 10.1 Å². The highest BCUT2D eigenvalue weighted by molar-refractivity contribution is 6.30. The van der Waals surface area contributed by atoms with Gasteiger partial charge in [-0.1, -0.05) is 23.7 Å². The van der Waals surface area contributed by atoms with Crippen molar-refractivity contribution in [3.05, 3.63) is 34.9 Å². The lowest BCUT2D eigenvalue weighted by Gasteiger charge is -2.38. The van der Waals surface area contributed by atoms with Gasteiger partial charge in [-0.2, -0.15) is 0 Å². The molecule has 1 aliphatic heterocycles. The van der Waals surface area contributed by atoms with Crippen LogP contribution in [0.1, 0.15) is 18.4 Å². The predicted octanol–water partition coefficient (Wildman–Crippen LogP) is 1.39. The van der Waals surface area contributed by atoms with Crippen LogP contribution in [0, 0.1) is 0 Å². The van der Waals surface area contributed by atoms with Crippen LogP contribution in [0.5, 0.6) is 0 Å². The molecule has 6 nitrogen and oxygen atoms in total. The van der Waals surface area contributed by atoms with E-state index in [-0.39, 0.29) is 18.0 Å². The fourth-order valence-electron chi connectivity index (χ4n) is 2.54. The number of benzene rings is 1. The summed E-state index contributed by atoms with van der Waals surface area (Å²) in [7, 11) is 1.46. The molecule has 1 aliphatic rings. The quantitative estimate of drug-likeness (QED) is 0.781. The monoisotopic (exact) mass is 325 g/mol. The summed E-state index contributed by atoms with van der Waals surface area (Å²) in [6.45, 7) is 1.29. The van der Waals surface area contributed by atoms with Gasteiger partial charge in [-0.25, -0.2) is 4.79 Å². The van der Waals surface area contributed by atoms with Gasteiger partial charge in [0.25, 0.3) is 0 Å². The van der Waals surface area contributed by atoms with Crippen molar-refractivity contribution in [1.29, 1.82) is 0 Å². The maximum atomic E-state index is 11.8. The third-order valence-corrected chi connectivity index (χ3v) is 4.06. The lowest BCUT2D eigenvalue weighted by molar-refractivity contribution is -0.119. The molecule has 1 fully saturated rings. The molecule has 0 atom stereocenters. The minimum Gasteiger partial charge on any atom is -0.381 e. The van der Waals surface area contributed by atoms with E-state index >= 15 is 0 Å². The Balaban J connectivity index is 2.07. The van der Waals surface area contributed by atoms with Gasteiger partial charge in [0, 0.05) is 30.8 Å². The third-order valence-electron chi connectivity index (χ3n) is 3.81. The van der Waals surface area contributed by atoms with E-state index in [0.717, 1.165) is 18.4 Å². The maximum absolute atomic E-state index is 11.8. The maximum Gasteiger partial charge on any atom is 0.321 e. The first-order chi connectivity index (χ1) is 10.6. The molecule has 7 heteroatoms. The smallest absolute Gasteiger partial charge is 0.321 e. The molecule has 0 aromatic heterocycles. The molecular weight excluding hydrogens is 306 g/mol. The molecule has 0 bridgehead atoms. The van der Waals surface area contributed by atoms with Crippen molar-refractivity contribution in [2.75, 3.05) is 26.8 Å². The number of rotatable bonds is 4. The first kappa shape index (κ1) is 16.7. The van der Waals surface area contributed by atoms with Gasteiger partial charge in [0.05, 0.1) is 6.54 Å². The van der Waals surface area contributed by atoms with Crippen molar-refractivity contribution in [2.24, 2.45) is 0 Å². The Morgan fingerprint density at radius 3 is 2.45 bits per heavy atom. The molecular formula is C15H20ClN3O3. The number of nitrogens with one attached hydrogen (secondary N) is 3. The van der Waals surface area contributed by atoms with E-state index in [1.807, 2.05) is 24.3 Å². The van der Waals surface area contributed by atoms with Crippen molar-refractivity contribution < 1.29 is 14.3 Å². The molecule has 120 valence electrons. The Bertz CT molecular complexity index is 527. The van der Waals surface area contributed by atoms with Crippen molar-refractivity contribution in [3.63, 3.8) is 0 Å². The van der Waals surface area contributed by atoms with Crippen LogP contribution in [0.25, 0.3) is 0 Å². The highest BCUT2D eigenvalue weighted by atomic mass is 35.5. The number of urea groups is 1. The molecule has 1 heterocycles. The van der Waals surface area contributed by atoms with E-state index in [0.29, 0.717) is 18.2 Å². The minimum atomic E-state index is -0.515. The van der Waals surface area contributed by atoms with Crippen LogP contribution in [-0.4, -0.2) is 38.7 Å². The number of ether oxygens (including phenoxy) is 1. The lowest BCUT2D eigenvalue weighted by atomic mass is 9.82. The van der Waals surface area contributed by atoms with Gasteiger partial charge in [0.2, 0.25) is 5.91 Å². The summed E-state index contributed by atoms with van der Waals surface area (Å²) in [4.78, 5) is 23.0. The summed E-state index contributed by atoms with van der Waals surface area (Å²) in [6.07, 6.45) is 1.50. The summed E-state index contributed by atoms with van der Waals surface area (Å²) in [5.41, 5.74) is 0.719. The number of imide groups is 1. The number of hydrogen-bond acceptors (Lipinski definition) is 4. The SMILES string of the molecule is CNC(=O)NC(=O)CNC1(c2ccc(Cl)cc2)CCOCC1. The van der Waals surface area contributed by atoms with E-state index in [4.69, 9.17) is 16.3 Å². The first-order valence-corrected chi connectivity index (χ1v) is 7.54. The fourth-order valence-corrected chi connectivity index (χ4v) is 2.67. The molecule has 22 heavy (non-hydrogen) atoms. The average molecular weight is 326 g/mol. The van der Waals surface area contributed by atoms with E-state index in [2.05, 4.69) is 16.0 Å². The second kappa shape index (κ2) is 7.58. The van der Waals surface area contributed by atoms with Crippen molar-refractivity contribution in [1.82, 2.24) is 16.0 Å². The molecule has 1 aromatic carbocycles. The molecule has 3 amide bonds. The number of carbonyl (C=O) groups excluding carboxylic acids is 2. The summed E-state index contributed by atoms with van der Waals surface area (Å²) in [6, 6.07) is 7.06. The molecule has 0 spiro atoms. The Kier molecular flexibility index (Phi) is 5.76. The van der Waals surface area contributed by atoms with Crippen LogP contribution in [-0.2, 0) is 15.1 Å². The van der Waals surface area contributed by atoms with Crippen LogP contribution >= 0.6 is 11.6 Å². The largest absolute Gasteiger partial charge is 0.381 e. The van der Waals surface area contributed by atoms with E-state index in [1.165, 1.54) is 7.05 Å². The van der Waals surface area contributed by atoms with Crippen LogP contribution in [0.3, 0.4) is 0 Å². The Labute approximate surface area is 134 Å². The highest BCUT2D eigenvalue weighted by Gasteiger charge is 2.34. The lowest BCUT2D eigenvalue weighted by Crippen LogP contribution is -2.51. The molecule has 0 radical (unpaired) electrons. The number of halogens is 1. The molecule has 0 aliphatic carbocycles. The second-order valence-corrected chi connectivity index (χ2v) is 5.62. The van der Waals surface area contributed by atoms with Gasteiger partial charge in [0.1, 0.15) is 0 Å². The minimum absolute atomic E-state index is 0.0516. The molecule has 1 saturated heterocycles. The topological polar surface area (TPSA) is 79.5 Å². The zero-order chi connectivity index (χ0) is 16.0. The molecule has 3 N–H and O–H groups in total. The summed E-state index contributed by atoms with van der Waals surface area (Å²) in [5.74, 6) is -0.376. The van der Waals surface area contributed by atoms with Gasteiger partial charge in [-0.3, -0.25) is 15.4 Å². The molecule has 2 rings (SSSR count). The van der Waals surface area contributed by atoms with E-state index in [9.17, 15) is 9.59 Å². The number of hydrogen-bond donors (Lipinski definition) is 3. The first-order valence-electron chi connectivity index (χ1n) is 7.16. The van der Waals surface area contributed by atoms with Crippen molar-refractivity contribution >= 4 is 23.5 Å². The predicted molar refractivity (Wildman–Crippen MR) is 83.8 cm³/mol. The molecule has 0 saturated carbocycles. The Morgan fingerprint density at radius 2 is 1.86 bits per heavy atom. The van der Waals surface area contributed by atoms with Crippen LogP contribution in [0.15, 0.2) is 24.3 Å². The van der Waals surface area contributed by atoms with Gasteiger partial charge >= 0.3 is 6.03 Å². The average Bonchev–Trinajstić information content (AvgIpc) is 2.54. The fraction of sp³-hybridized carbons (Fsp3) is 0.467. The van der Waals surface area contributed by atoms with Gasteiger partial charge in [0.15, 0.2) is 0 Å². The Hall–Kier alpha value is -1.63. The highest BCUT2D eigenvalue weighted by Crippen LogP contribution is 2.32. The standard InChI is InChI=1S/C15H20ClN3O3/c1-17-14(21)19-13(20)10-18-15(6-8-22-9-7-15)11-2-4-12(16)5-3-11/h2-5,18H,6-10H2,1H3,(H2,17,19,20,21). The van der Waals surface area contributed by atoms with Crippen LogP contribution in [0.2, 0.25) is 5.02 Å². The molecule has 0 unspecified atom stereocenters. The van der Waals surface area contributed by atoms with Crippen LogP contribution in [0.4, 0.5) is 4.79 Å².